The Bertz CT molecular complexity index is 836. The fourth-order valence-corrected chi connectivity index (χ4v) is 2.90. The summed E-state index contributed by atoms with van der Waals surface area (Å²) in [5, 5.41) is 17.0. The van der Waals surface area contributed by atoms with Gasteiger partial charge in [0.15, 0.2) is 6.61 Å². The lowest BCUT2D eigenvalue weighted by molar-refractivity contribution is 0.250. The highest BCUT2D eigenvalue weighted by Gasteiger charge is 2.11. The number of hydrogen-bond donors (Lipinski definition) is 0. The third-order valence-electron chi connectivity index (χ3n) is 3.23. The molecule has 0 aliphatic carbocycles. The number of hydrogen-bond acceptors (Lipinski definition) is 8. The molecule has 0 radical (unpaired) electrons. The zero-order valence-electron chi connectivity index (χ0n) is 13.9. The number of halogens is 1. The fourth-order valence-electron chi connectivity index (χ4n) is 2.05. The lowest BCUT2D eigenvalue weighted by Gasteiger charge is -2.06. The molecule has 7 nitrogen and oxygen atoms in total. The minimum absolute atomic E-state index is 0.192. The van der Waals surface area contributed by atoms with Crippen molar-refractivity contribution >= 4 is 23.4 Å². The molecule has 0 bridgehead atoms. The molecule has 25 heavy (non-hydrogen) atoms. The zero-order chi connectivity index (χ0) is 17.6. The van der Waals surface area contributed by atoms with Crippen molar-refractivity contribution in [2.45, 2.75) is 44.3 Å². The van der Waals surface area contributed by atoms with E-state index in [9.17, 15) is 0 Å². The van der Waals surface area contributed by atoms with Crippen molar-refractivity contribution in [3.8, 4) is 5.75 Å². The Morgan fingerprint density at radius 1 is 1.08 bits per heavy atom. The van der Waals surface area contributed by atoms with Crippen LogP contribution >= 0.6 is 23.4 Å². The number of rotatable bonds is 8. The van der Waals surface area contributed by atoms with E-state index in [2.05, 4.69) is 27.3 Å². The Kier molecular flexibility index (Phi) is 5.93. The molecule has 0 fully saturated rings. The monoisotopic (exact) mass is 380 g/mol. The summed E-state index contributed by atoms with van der Waals surface area (Å²) in [5.41, 5.74) is 0.945. The van der Waals surface area contributed by atoms with Crippen LogP contribution in [0.2, 0.25) is 5.02 Å². The first-order valence-electron chi connectivity index (χ1n) is 7.79. The van der Waals surface area contributed by atoms with Crippen molar-refractivity contribution in [3.63, 3.8) is 0 Å². The van der Waals surface area contributed by atoms with Crippen molar-refractivity contribution in [2.75, 3.05) is 0 Å². The van der Waals surface area contributed by atoms with Crippen molar-refractivity contribution < 1.29 is 13.6 Å². The van der Waals surface area contributed by atoms with Gasteiger partial charge in [-0.15, -0.1) is 20.4 Å². The molecule has 3 rings (SSSR count). The van der Waals surface area contributed by atoms with E-state index in [1.165, 1.54) is 11.8 Å². The fraction of sp³-hybridized carbons (Fsp3) is 0.375. The van der Waals surface area contributed by atoms with Gasteiger partial charge in [0.1, 0.15) is 5.75 Å². The summed E-state index contributed by atoms with van der Waals surface area (Å²) in [6.45, 7) is 4.18. The van der Waals surface area contributed by atoms with E-state index in [-0.39, 0.29) is 6.61 Å². The second kappa shape index (κ2) is 8.35. The molecule has 132 valence electrons. The van der Waals surface area contributed by atoms with Crippen molar-refractivity contribution in [1.29, 1.82) is 0 Å². The van der Waals surface area contributed by atoms with E-state index in [1.54, 1.807) is 6.07 Å². The molecule has 0 N–H and O–H groups in total. The molecule has 0 spiro atoms. The van der Waals surface area contributed by atoms with Gasteiger partial charge in [0, 0.05) is 11.4 Å². The van der Waals surface area contributed by atoms with E-state index in [0.717, 1.165) is 24.2 Å². The van der Waals surface area contributed by atoms with Gasteiger partial charge in [-0.05, 0) is 37.1 Å². The maximum Gasteiger partial charge on any atom is 0.277 e. The van der Waals surface area contributed by atoms with Crippen LogP contribution in [0.1, 0.15) is 36.6 Å². The van der Waals surface area contributed by atoms with Gasteiger partial charge >= 0.3 is 0 Å². The maximum absolute atomic E-state index is 5.93. The SMILES string of the molecule is CCCc1nnc(CSc2nnc(COc3ccc(Cl)cc3C)o2)o1. The van der Waals surface area contributed by atoms with Gasteiger partial charge in [-0.25, -0.2) is 0 Å². The van der Waals surface area contributed by atoms with Gasteiger partial charge in [0.25, 0.3) is 11.1 Å². The molecular formula is C16H17ClN4O3S. The third kappa shape index (κ3) is 4.96. The minimum Gasteiger partial charge on any atom is -0.484 e. The molecule has 0 saturated heterocycles. The highest BCUT2D eigenvalue weighted by Crippen LogP contribution is 2.24. The van der Waals surface area contributed by atoms with E-state index in [1.807, 2.05) is 19.1 Å². The molecule has 0 unspecified atom stereocenters. The van der Waals surface area contributed by atoms with Gasteiger partial charge < -0.3 is 13.6 Å². The number of aromatic nitrogens is 4. The Morgan fingerprint density at radius 2 is 1.88 bits per heavy atom. The molecule has 1 aromatic carbocycles. The average Bonchev–Trinajstić information content (AvgIpc) is 3.22. The third-order valence-corrected chi connectivity index (χ3v) is 4.27. The van der Waals surface area contributed by atoms with Crippen LogP contribution in [-0.4, -0.2) is 20.4 Å². The van der Waals surface area contributed by atoms with Crippen molar-refractivity contribution in [2.24, 2.45) is 0 Å². The minimum atomic E-state index is 0.192. The summed E-state index contributed by atoms with van der Waals surface area (Å²) < 4.78 is 16.7. The number of ether oxygens (including phenoxy) is 1. The molecule has 0 amide bonds. The summed E-state index contributed by atoms with van der Waals surface area (Å²) in [5.74, 6) is 2.80. The average molecular weight is 381 g/mol. The van der Waals surface area contributed by atoms with Crippen LogP contribution in [0.25, 0.3) is 0 Å². The van der Waals surface area contributed by atoms with Crippen LogP contribution in [0.3, 0.4) is 0 Å². The number of aryl methyl sites for hydroxylation is 2. The highest BCUT2D eigenvalue weighted by atomic mass is 35.5. The molecule has 2 aromatic heterocycles. The number of thioether (sulfide) groups is 1. The van der Waals surface area contributed by atoms with E-state index in [4.69, 9.17) is 25.2 Å². The van der Waals surface area contributed by atoms with Crippen LogP contribution in [0.5, 0.6) is 5.75 Å². The predicted octanol–water partition coefficient (Wildman–Crippen LogP) is 4.24. The van der Waals surface area contributed by atoms with E-state index in [0.29, 0.717) is 33.7 Å². The standard InChI is InChI=1S/C16H17ClN4O3S/c1-3-4-13-18-20-15(23-13)9-25-16-21-19-14(24-16)8-22-12-6-5-11(17)7-10(12)2/h5-7H,3-4,8-9H2,1-2H3. The van der Waals surface area contributed by atoms with Crippen LogP contribution in [0.4, 0.5) is 0 Å². The van der Waals surface area contributed by atoms with Crippen molar-refractivity contribution in [3.05, 3.63) is 46.5 Å². The molecule has 9 heteroatoms. The predicted molar refractivity (Wildman–Crippen MR) is 92.7 cm³/mol. The molecule has 0 saturated carbocycles. The normalized spacial score (nSPS) is 11.0. The second-order valence-corrected chi connectivity index (χ2v) is 6.65. The number of benzene rings is 1. The molecule has 0 aliphatic heterocycles. The summed E-state index contributed by atoms with van der Waals surface area (Å²) in [6, 6.07) is 5.42. The van der Waals surface area contributed by atoms with E-state index >= 15 is 0 Å². The lowest BCUT2D eigenvalue weighted by atomic mass is 10.2. The van der Waals surface area contributed by atoms with Gasteiger partial charge in [0.2, 0.25) is 11.8 Å². The Morgan fingerprint density at radius 3 is 2.68 bits per heavy atom. The van der Waals surface area contributed by atoms with Crippen LogP contribution in [0, 0.1) is 6.92 Å². The van der Waals surface area contributed by atoms with Gasteiger partial charge in [0.05, 0.1) is 5.75 Å². The van der Waals surface area contributed by atoms with E-state index < -0.39 is 0 Å². The first kappa shape index (κ1) is 17.8. The Hall–Kier alpha value is -2.06. The first-order chi connectivity index (χ1) is 12.1. The molecular weight excluding hydrogens is 364 g/mol. The smallest absolute Gasteiger partial charge is 0.277 e. The van der Waals surface area contributed by atoms with Gasteiger partial charge in [-0.1, -0.05) is 30.3 Å². The largest absolute Gasteiger partial charge is 0.484 e. The van der Waals surface area contributed by atoms with Gasteiger partial charge in [-0.3, -0.25) is 0 Å². The summed E-state index contributed by atoms with van der Waals surface area (Å²) in [7, 11) is 0. The van der Waals surface area contributed by atoms with Crippen molar-refractivity contribution in [1.82, 2.24) is 20.4 Å². The first-order valence-corrected chi connectivity index (χ1v) is 9.15. The highest BCUT2D eigenvalue weighted by molar-refractivity contribution is 7.98. The van der Waals surface area contributed by atoms with Crippen LogP contribution in [-0.2, 0) is 18.8 Å². The molecule has 0 atom stereocenters. The maximum atomic E-state index is 5.93. The van der Waals surface area contributed by atoms with Crippen LogP contribution in [0.15, 0.2) is 32.3 Å². The van der Waals surface area contributed by atoms with Gasteiger partial charge in [-0.2, -0.15) is 0 Å². The summed E-state index contributed by atoms with van der Waals surface area (Å²) in [6.07, 6.45) is 1.75. The zero-order valence-corrected chi connectivity index (χ0v) is 15.4. The number of nitrogens with zero attached hydrogens (tertiary/aromatic N) is 4. The lowest BCUT2D eigenvalue weighted by Crippen LogP contribution is -1.97. The summed E-state index contributed by atoms with van der Waals surface area (Å²) >= 11 is 7.27. The molecule has 2 heterocycles. The Balaban J connectivity index is 1.51. The molecule has 3 aromatic rings. The van der Waals surface area contributed by atoms with Crippen LogP contribution < -0.4 is 4.74 Å². The second-order valence-electron chi connectivity index (χ2n) is 5.29. The topological polar surface area (TPSA) is 87.1 Å². The summed E-state index contributed by atoms with van der Waals surface area (Å²) in [4.78, 5) is 0. The molecule has 0 aliphatic rings. The quantitative estimate of drug-likeness (QED) is 0.536. The Labute approximate surface area is 154 Å².